The second-order valence-corrected chi connectivity index (χ2v) is 8.71. The average molecular weight is 483 g/mol. The Balaban J connectivity index is 1.65. The van der Waals surface area contributed by atoms with Crippen LogP contribution in [-0.2, 0) is 19.9 Å². The fourth-order valence-electron chi connectivity index (χ4n) is 5.18. The third kappa shape index (κ3) is 3.57. The minimum atomic E-state index is -1.88. The summed E-state index contributed by atoms with van der Waals surface area (Å²) in [5.74, 6) is -4.93. The Morgan fingerprint density at radius 1 is 0.972 bits per heavy atom. The predicted molar refractivity (Wildman–Crippen MR) is 131 cm³/mol. The first-order chi connectivity index (χ1) is 17.3. The van der Waals surface area contributed by atoms with Crippen LogP contribution in [0.15, 0.2) is 91.0 Å². The number of nitrogens with zero attached hydrogens (tertiary/aromatic N) is 2. The number of anilines is 1. The fraction of sp³-hybridized carbons (Fsp3) is 0.148. The number of fused-ring (bicyclic) bond motifs is 1. The summed E-state index contributed by atoms with van der Waals surface area (Å²) in [6.07, 6.45) is 3.47. The molecule has 0 spiro atoms. The Labute approximate surface area is 205 Å². The zero-order valence-electron chi connectivity index (χ0n) is 18.9. The van der Waals surface area contributed by atoms with Gasteiger partial charge in [0, 0.05) is 18.2 Å². The van der Waals surface area contributed by atoms with Gasteiger partial charge in [-0.2, -0.15) is 0 Å². The van der Waals surface area contributed by atoms with Gasteiger partial charge in [-0.25, -0.2) is 9.69 Å². The van der Waals surface area contributed by atoms with Gasteiger partial charge in [-0.1, -0.05) is 78.9 Å². The lowest BCUT2D eigenvalue weighted by molar-refractivity contribution is -0.384. The van der Waals surface area contributed by atoms with Gasteiger partial charge in [0.2, 0.25) is 11.8 Å². The van der Waals surface area contributed by atoms with Gasteiger partial charge in [-0.15, -0.1) is 0 Å². The number of nitro groups is 1. The van der Waals surface area contributed by atoms with Crippen molar-refractivity contribution in [1.29, 1.82) is 0 Å². The number of amides is 2. The van der Waals surface area contributed by atoms with Gasteiger partial charge in [0.1, 0.15) is 0 Å². The number of carbonyl (C=O) groups is 3. The highest BCUT2D eigenvalue weighted by atomic mass is 16.6. The number of hydrogen-bond acceptors (Lipinski definition) is 6. The fourth-order valence-corrected chi connectivity index (χ4v) is 5.18. The Morgan fingerprint density at radius 3 is 2.28 bits per heavy atom. The number of carboxylic acid groups (broad SMARTS) is 1. The maximum Gasteiger partial charge on any atom is 0.329 e. The lowest BCUT2D eigenvalue weighted by Gasteiger charge is -2.31. The number of nitro benzene ring substituents is 1. The molecule has 0 aromatic heterocycles. The molecule has 2 fully saturated rings. The molecule has 2 aliphatic rings. The van der Waals surface area contributed by atoms with Crippen LogP contribution in [0.3, 0.4) is 0 Å². The van der Waals surface area contributed by atoms with Crippen molar-refractivity contribution in [1.82, 2.24) is 5.32 Å². The topological polar surface area (TPSA) is 130 Å². The quantitative estimate of drug-likeness (QED) is 0.312. The normalized spacial score (nSPS) is 25.3. The number of benzene rings is 3. The largest absolute Gasteiger partial charge is 0.480 e. The lowest BCUT2D eigenvalue weighted by Crippen LogP contribution is -2.54. The smallest absolute Gasteiger partial charge is 0.329 e. The highest BCUT2D eigenvalue weighted by Gasteiger charge is 2.68. The van der Waals surface area contributed by atoms with Gasteiger partial charge in [-0.3, -0.25) is 25.0 Å². The van der Waals surface area contributed by atoms with Crippen molar-refractivity contribution in [3.8, 4) is 0 Å². The summed E-state index contributed by atoms with van der Waals surface area (Å²) in [4.78, 5) is 51.9. The summed E-state index contributed by atoms with van der Waals surface area (Å²) < 4.78 is 0. The average Bonchev–Trinajstić information content (AvgIpc) is 3.38. The van der Waals surface area contributed by atoms with E-state index >= 15 is 0 Å². The predicted octanol–water partition coefficient (Wildman–Crippen LogP) is 3.37. The second-order valence-electron chi connectivity index (χ2n) is 8.71. The van der Waals surface area contributed by atoms with Crippen molar-refractivity contribution in [2.75, 3.05) is 4.90 Å². The first-order valence-electron chi connectivity index (χ1n) is 11.3. The van der Waals surface area contributed by atoms with Crippen LogP contribution < -0.4 is 10.2 Å². The third-order valence-corrected chi connectivity index (χ3v) is 6.76. The van der Waals surface area contributed by atoms with Crippen LogP contribution in [0, 0.1) is 22.0 Å². The second kappa shape index (κ2) is 8.86. The molecule has 2 heterocycles. The van der Waals surface area contributed by atoms with Gasteiger partial charge >= 0.3 is 5.97 Å². The van der Waals surface area contributed by atoms with E-state index in [-0.39, 0.29) is 11.4 Å². The van der Waals surface area contributed by atoms with E-state index in [0.29, 0.717) is 5.56 Å². The number of imide groups is 1. The molecular weight excluding hydrogens is 462 g/mol. The van der Waals surface area contributed by atoms with Crippen LogP contribution in [0.1, 0.15) is 11.1 Å². The summed E-state index contributed by atoms with van der Waals surface area (Å²) >= 11 is 0. The van der Waals surface area contributed by atoms with E-state index in [1.807, 2.05) is 30.3 Å². The number of carbonyl (C=O) groups excluding carboxylic acids is 2. The first-order valence-corrected chi connectivity index (χ1v) is 11.3. The van der Waals surface area contributed by atoms with E-state index in [2.05, 4.69) is 5.32 Å². The van der Waals surface area contributed by atoms with Crippen LogP contribution in [0.4, 0.5) is 11.4 Å². The van der Waals surface area contributed by atoms with Gasteiger partial charge in [-0.05, 0) is 17.2 Å². The Bertz CT molecular complexity index is 1390. The van der Waals surface area contributed by atoms with Crippen LogP contribution >= 0.6 is 0 Å². The molecule has 4 atom stereocenters. The van der Waals surface area contributed by atoms with Crippen molar-refractivity contribution >= 4 is 35.2 Å². The van der Waals surface area contributed by atoms with Gasteiger partial charge in [0.15, 0.2) is 5.54 Å². The molecule has 0 radical (unpaired) electrons. The van der Waals surface area contributed by atoms with Crippen molar-refractivity contribution < 1.29 is 24.4 Å². The standard InChI is InChI=1S/C27H21N3O6/c31-24-22-21(15-14-17-8-3-1-4-9-17)28-27(26(33)34,18-10-5-2-6-11-18)23(22)25(32)29(24)19-12-7-13-20(16-19)30(35)36/h1-16,21-23,28H,(H,33,34)/b15-14+. The van der Waals surface area contributed by atoms with Crippen molar-refractivity contribution in [2.24, 2.45) is 11.8 Å². The molecule has 9 heteroatoms. The summed E-state index contributed by atoms with van der Waals surface area (Å²) in [6.45, 7) is 0. The van der Waals surface area contributed by atoms with Crippen molar-refractivity contribution in [3.63, 3.8) is 0 Å². The van der Waals surface area contributed by atoms with Crippen molar-refractivity contribution in [3.05, 3.63) is 112 Å². The molecule has 2 amide bonds. The number of non-ortho nitro benzene ring substituents is 1. The maximum absolute atomic E-state index is 13.8. The van der Waals surface area contributed by atoms with E-state index in [1.165, 1.54) is 18.2 Å². The summed E-state index contributed by atoms with van der Waals surface area (Å²) in [5.41, 5.74) is -0.941. The molecule has 5 rings (SSSR count). The molecule has 180 valence electrons. The molecule has 4 unspecified atom stereocenters. The molecule has 9 nitrogen and oxygen atoms in total. The van der Waals surface area contributed by atoms with E-state index in [9.17, 15) is 29.6 Å². The number of carboxylic acids is 1. The summed E-state index contributed by atoms with van der Waals surface area (Å²) in [7, 11) is 0. The molecule has 2 aliphatic heterocycles. The van der Waals surface area contributed by atoms with Gasteiger partial charge in [0.25, 0.3) is 5.69 Å². The molecule has 3 aromatic carbocycles. The van der Waals surface area contributed by atoms with Crippen LogP contribution in [0.25, 0.3) is 6.08 Å². The number of nitrogens with one attached hydrogen (secondary N) is 1. The molecule has 2 N–H and O–H groups in total. The first kappa shape index (κ1) is 23.1. The molecule has 0 bridgehead atoms. The van der Waals surface area contributed by atoms with Crippen LogP contribution in [0.5, 0.6) is 0 Å². The number of hydrogen-bond donors (Lipinski definition) is 2. The summed E-state index contributed by atoms with van der Waals surface area (Å²) in [6, 6.07) is 22.0. The highest BCUT2D eigenvalue weighted by molar-refractivity contribution is 6.24. The molecule has 3 aromatic rings. The Hall–Kier alpha value is -4.63. The maximum atomic E-state index is 13.8. The molecule has 36 heavy (non-hydrogen) atoms. The van der Waals surface area contributed by atoms with Gasteiger partial charge < -0.3 is 5.11 Å². The molecular formula is C27H21N3O6. The highest BCUT2D eigenvalue weighted by Crippen LogP contribution is 2.49. The minimum Gasteiger partial charge on any atom is -0.480 e. The Kier molecular flexibility index (Phi) is 5.69. The van der Waals surface area contributed by atoms with Crippen LogP contribution in [-0.4, -0.2) is 33.9 Å². The third-order valence-electron chi connectivity index (χ3n) is 6.76. The number of rotatable bonds is 6. The van der Waals surface area contributed by atoms with E-state index in [4.69, 9.17) is 0 Å². The number of aliphatic carboxylic acids is 1. The van der Waals surface area contributed by atoms with E-state index < -0.39 is 46.1 Å². The molecule has 2 saturated heterocycles. The SMILES string of the molecule is O=C1C2C(/C=C/c3ccccc3)NC(C(=O)O)(c3ccccc3)C2C(=O)N1c1cccc([N+](=O)[O-])c1. The van der Waals surface area contributed by atoms with Gasteiger partial charge in [0.05, 0.1) is 22.4 Å². The van der Waals surface area contributed by atoms with Crippen LogP contribution in [0.2, 0.25) is 0 Å². The monoisotopic (exact) mass is 483 g/mol. The summed E-state index contributed by atoms with van der Waals surface area (Å²) in [5, 5.41) is 24.9. The lowest BCUT2D eigenvalue weighted by atomic mass is 9.76. The zero-order chi connectivity index (χ0) is 25.4. The van der Waals surface area contributed by atoms with E-state index in [1.54, 1.807) is 42.5 Å². The van der Waals surface area contributed by atoms with E-state index in [0.717, 1.165) is 16.5 Å². The minimum absolute atomic E-state index is 0.0340. The molecule has 0 aliphatic carbocycles. The Morgan fingerprint density at radius 2 is 1.64 bits per heavy atom. The zero-order valence-corrected chi connectivity index (χ0v) is 18.9. The van der Waals surface area contributed by atoms with Crippen molar-refractivity contribution in [2.45, 2.75) is 11.6 Å². The molecule has 0 saturated carbocycles.